The van der Waals surface area contributed by atoms with Crippen molar-refractivity contribution >= 4 is 51.0 Å². The number of aromatic hydroxyl groups is 1. The number of carboxylic acids is 1. The average molecular weight is 480 g/mol. The van der Waals surface area contributed by atoms with Gasteiger partial charge in [0.2, 0.25) is 11.8 Å². The van der Waals surface area contributed by atoms with E-state index in [1.165, 1.54) is 19.1 Å². The second-order valence-electron chi connectivity index (χ2n) is 7.33. The second kappa shape index (κ2) is 6.83. The molecule has 2 aliphatic heterocycles. The first-order chi connectivity index (χ1) is 13.6. The number of imide groups is 1. The fraction of sp³-hybridized carbons (Fsp3) is 0.250. The molecular formula is C20H16BrClN2O5. The van der Waals surface area contributed by atoms with Crippen molar-refractivity contribution in [1.29, 1.82) is 0 Å². The number of hydrogen-bond acceptors (Lipinski definition) is 5. The molecule has 2 amide bonds. The van der Waals surface area contributed by atoms with E-state index in [0.29, 0.717) is 15.1 Å². The summed E-state index contributed by atoms with van der Waals surface area (Å²) in [5.41, 5.74) is -1.07. The Labute approximate surface area is 179 Å². The molecule has 4 atom stereocenters. The number of hydrogen-bond donors (Lipinski definition) is 3. The van der Waals surface area contributed by atoms with E-state index in [-0.39, 0.29) is 11.4 Å². The molecule has 4 rings (SSSR count). The molecule has 2 saturated heterocycles. The van der Waals surface area contributed by atoms with Crippen molar-refractivity contribution in [2.75, 3.05) is 4.90 Å². The third kappa shape index (κ3) is 2.94. The molecule has 2 fully saturated rings. The highest BCUT2D eigenvalue weighted by Gasteiger charge is 2.67. The molecule has 0 saturated carbocycles. The number of phenolic OH excluding ortho intramolecular Hbond substituents is 1. The monoisotopic (exact) mass is 478 g/mol. The van der Waals surface area contributed by atoms with E-state index < -0.39 is 41.2 Å². The Morgan fingerprint density at radius 3 is 2.59 bits per heavy atom. The lowest BCUT2D eigenvalue weighted by Crippen LogP contribution is -2.53. The lowest BCUT2D eigenvalue weighted by Gasteiger charge is -2.27. The van der Waals surface area contributed by atoms with Crippen LogP contribution in [-0.2, 0) is 14.4 Å². The molecular weight excluding hydrogens is 464 g/mol. The molecule has 0 spiro atoms. The van der Waals surface area contributed by atoms with Gasteiger partial charge in [-0.1, -0.05) is 33.6 Å². The van der Waals surface area contributed by atoms with Crippen LogP contribution in [0.3, 0.4) is 0 Å². The SMILES string of the molecule is C[C@]1(C(=O)O)N[C@H](c2cc(Br)ccc2O)[C@@H]2C(=O)N(c3cccc(Cl)c3)C(=O)[C@@H]21. The lowest BCUT2D eigenvalue weighted by atomic mass is 9.80. The summed E-state index contributed by atoms with van der Waals surface area (Å²) in [4.78, 5) is 39.7. The van der Waals surface area contributed by atoms with Gasteiger partial charge in [0.25, 0.3) is 0 Å². The molecule has 0 unspecified atom stereocenters. The largest absolute Gasteiger partial charge is 0.508 e. The number of carboxylic acid groups (broad SMARTS) is 1. The number of carbonyl (C=O) groups is 3. The zero-order valence-electron chi connectivity index (χ0n) is 15.1. The minimum absolute atomic E-state index is 0.0967. The molecule has 150 valence electrons. The predicted octanol–water partition coefficient (Wildman–Crippen LogP) is 3.10. The van der Waals surface area contributed by atoms with Gasteiger partial charge in [-0.2, -0.15) is 0 Å². The quantitative estimate of drug-likeness (QED) is 0.584. The fourth-order valence-electron chi connectivity index (χ4n) is 4.25. The molecule has 0 aliphatic carbocycles. The molecule has 0 aromatic heterocycles. The van der Waals surface area contributed by atoms with E-state index >= 15 is 0 Å². The Hall–Kier alpha value is -2.42. The predicted molar refractivity (Wildman–Crippen MR) is 109 cm³/mol. The highest BCUT2D eigenvalue weighted by atomic mass is 79.9. The van der Waals surface area contributed by atoms with Crippen LogP contribution in [0.15, 0.2) is 46.9 Å². The van der Waals surface area contributed by atoms with Crippen molar-refractivity contribution in [3.05, 3.63) is 57.5 Å². The van der Waals surface area contributed by atoms with Crippen molar-refractivity contribution in [2.45, 2.75) is 18.5 Å². The summed E-state index contributed by atoms with van der Waals surface area (Å²) in [5, 5.41) is 23.5. The van der Waals surface area contributed by atoms with E-state index in [1.54, 1.807) is 30.3 Å². The number of rotatable bonds is 3. The molecule has 7 nitrogen and oxygen atoms in total. The Morgan fingerprint density at radius 2 is 1.93 bits per heavy atom. The molecule has 2 aromatic rings. The van der Waals surface area contributed by atoms with Crippen molar-refractivity contribution in [2.24, 2.45) is 11.8 Å². The second-order valence-corrected chi connectivity index (χ2v) is 8.68. The van der Waals surface area contributed by atoms with Crippen LogP contribution >= 0.6 is 27.5 Å². The molecule has 0 bridgehead atoms. The number of nitrogens with zero attached hydrogens (tertiary/aromatic N) is 1. The van der Waals surface area contributed by atoms with Crippen LogP contribution in [0.2, 0.25) is 5.02 Å². The van der Waals surface area contributed by atoms with Crippen molar-refractivity contribution in [3.8, 4) is 5.75 Å². The topological polar surface area (TPSA) is 107 Å². The van der Waals surface area contributed by atoms with E-state index in [2.05, 4.69) is 21.2 Å². The van der Waals surface area contributed by atoms with E-state index in [1.807, 2.05) is 0 Å². The minimum Gasteiger partial charge on any atom is -0.508 e. The summed E-state index contributed by atoms with van der Waals surface area (Å²) in [6.45, 7) is 1.38. The first-order valence-electron chi connectivity index (χ1n) is 8.78. The summed E-state index contributed by atoms with van der Waals surface area (Å²) < 4.78 is 0.649. The Morgan fingerprint density at radius 1 is 1.21 bits per heavy atom. The summed E-state index contributed by atoms with van der Waals surface area (Å²) in [5.74, 6) is -4.64. The number of aliphatic carboxylic acids is 1. The lowest BCUT2D eigenvalue weighted by molar-refractivity contribution is -0.147. The standard InChI is InChI=1S/C20H16BrClN2O5/c1-20(19(28)29)15-14(16(23-20)12-7-9(21)5-6-13(12)25)17(26)24(18(15)27)11-4-2-3-10(22)8-11/h2-8,14-16,23,25H,1H3,(H,28,29)/t14-,15-,16-,20+/m1/s1. The van der Waals surface area contributed by atoms with Gasteiger partial charge in [-0.15, -0.1) is 0 Å². The van der Waals surface area contributed by atoms with E-state index in [4.69, 9.17) is 11.6 Å². The Balaban J connectivity index is 1.86. The van der Waals surface area contributed by atoms with Gasteiger partial charge in [-0.25, -0.2) is 4.90 Å². The van der Waals surface area contributed by atoms with E-state index in [0.717, 1.165) is 4.90 Å². The number of amides is 2. The normalized spacial score (nSPS) is 28.7. The number of phenols is 1. The van der Waals surface area contributed by atoms with Crippen LogP contribution < -0.4 is 10.2 Å². The van der Waals surface area contributed by atoms with Crippen LogP contribution in [0.1, 0.15) is 18.5 Å². The molecule has 2 heterocycles. The van der Waals surface area contributed by atoms with Gasteiger partial charge in [0, 0.05) is 21.1 Å². The van der Waals surface area contributed by atoms with Crippen LogP contribution in [0.5, 0.6) is 5.75 Å². The van der Waals surface area contributed by atoms with Crippen LogP contribution in [0.4, 0.5) is 5.69 Å². The van der Waals surface area contributed by atoms with Crippen molar-refractivity contribution < 1.29 is 24.6 Å². The highest BCUT2D eigenvalue weighted by Crippen LogP contribution is 2.51. The van der Waals surface area contributed by atoms with Gasteiger partial charge < -0.3 is 10.2 Å². The average Bonchev–Trinajstić information content (AvgIpc) is 3.11. The fourth-order valence-corrected chi connectivity index (χ4v) is 4.81. The third-order valence-electron chi connectivity index (χ3n) is 5.62. The number of fused-ring (bicyclic) bond motifs is 1. The molecule has 29 heavy (non-hydrogen) atoms. The summed E-state index contributed by atoms with van der Waals surface area (Å²) in [6, 6.07) is 10.1. The zero-order chi connectivity index (χ0) is 21.1. The van der Waals surface area contributed by atoms with Crippen LogP contribution in [0.25, 0.3) is 0 Å². The number of carbonyl (C=O) groups excluding carboxylic acids is 2. The van der Waals surface area contributed by atoms with Crippen LogP contribution in [-0.4, -0.2) is 33.5 Å². The van der Waals surface area contributed by atoms with Gasteiger partial charge in [-0.05, 0) is 43.3 Å². The van der Waals surface area contributed by atoms with Gasteiger partial charge in [-0.3, -0.25) is 19.7 Å². The molecule has 3 N–H and O–H groups in total. The summed E-state index contributed by atoms with van der Waals surface area (Å²) in [6.07, 6.45) is 0. The minimum atomic E-state index is -1.69. The van der Waals surface area contributed by atoms with Gasteiger partial charge in [0.1, 0.15) is 11.3 Å². The Bertz CT molecular complexity index is 1060. The first kappa shape index (κ1) is 19.9. The van der Waals surface area contributed by atoms with Crippen LogP contribution in [0, 0.1) is 11.8 Å². The first-order valence-corrected chi connectivity index (χ1v) is 9.95. The van der Waals surface area contributed by atoms with Gasteiger partial charge >= 0.3 is 5.97 Å². The third-order valence-corrected chi connectivity index (χ3v) is 6.35. The number of benzene rings is 2. The van der Waals surface area contributed by atoms with E-state index in [9.17, 15) is 24.6 Å². The highest BCUT2D eigenvalue weighted by molar-refractivity contribution is 9.10. The van der Waals surface area contributed by atoms with Crippen molar-refractivity contribution in [3.63, 3.8) is 0 Å². The molecule has 9 heteroatoms. The number of anilines is 1. The summed E-state index contributed by atoms with van der Waals surface area (Å²) >= 11 is 9.34. The molecule has 2 aliphatic rings. The molecule has 2 aromatic carbocycles. The van der Waals surface area contributed by atoms with Gasteiger partial charge in [0.15, 0.2) is 0 Å². The van der Waals surface area contributed by atoms with Crippen molar-refractivity contribution in [1.82, 2.24) is 5.32 Å². The maximum atomic E-state index is 13.3. The smallest absolute Gasteiger partial charge is 0.324 e. The Kier molecular flexibility index (Phi) is 4.68. The van der Waals surface area contributed by atoms with Gasteiger partial charge in [0.05, 0.1) is 17.5 Å². The maximum Gasteiger partial charge on any atom is 0.324 e. The number of halogens is 2. The zero-order valence-corrected chi connectivity index (χ0v) is 17.4. The maximum absolute atomic E-state index is 13.3. The molecule has 0 radical (unpaired) electrons. The summed E-state index contributed by atoms with van der Waals surface area (Å²) in [7, 11) is 0. The number of nitrogens with one attached hydrogen (secondary N) is 1.